The third kappa shape index (κ3) is 4.71. The molecule has 2 heterocycles. The predicted molar refractivity (Wildman–Crippen MR) is 130 cm³/mol. The molecule has 2 atom stereocenters. The van der Waals surface area contributed by atoms with Crippen LogP contribution in [0.1, 0.15) is 43.5 Å². The number of likely N-dealkylation sites (tertiary alicyclic amines) is 1. The van der Waals surface area contributed by atoms with Crippen LogP contribution in [0, 0.1) is 0 Å². The Kier molecular flexibility index (Phi) is 7.31. The van der Waals surface area contributed by atoms with Crippen LogP contribution in [0.25, 0.3) is 5.76 Å². The van der Waals surface area contributed by atoms with Crippen molar-refractivity contribution in [3.05, 3.63) is 58.7 Å². The van der Waals surface area contributed by atoms with Crippen molar-refractivity contribution in [2.24, 2.45) is 0 Å². The standard InChI is InChI=1S/C27H31NO7/c1-5-33-21-10-7-17(15-22(21)34-6-2)24-23(26(30)27(31)28(24)11-12-32-4)25(29)18-8-9-20-19(14-18)13-16(3)35-20/h7-10,14-16,24,29H,5-6,11-13H2,1-4H3/t16-,24-/m0/s1. The molecule has 0 aromatic heterocycles. The lowest BCUT2D eigenvalue weighted by Crippen LogP contribution is -2.32. The van der Waals surface area contributed by atoms with Gasteiger partial charge in [0.1, 0.15) is 17.6 Å². The molecule has 0 radical (unpaired) electrons. The van der Waals surface area contributed by atoms with E-state index in [9.17, 15) is 14.7 Å². The molecule has 1 fully saturated rings. The molecule has 35 heavy (non-hydrogen) atoms. The van der Waals surface area contributed by atoms with Crippen molar-refractivity contribution in [1.82, 2.24) is 4.90 Å². The summed E-state index contributed by atoms with van der Waals surface area (Å²) in [6.07, 6.45) is 0.751. The van der Waals surface area contributed by atoms with Gasteiger partial charge < -0.3 is 29.0 Å². The van der Waals surface area contributed by atoms with Gasteiger partial charge in [-0.15, -0.1) is 0 Å². The van der Waals surface area contributed by atoms with E-state index in [1.165, 1.54) is 12.0 Å². The van der Waals surface area contributed by atoms with Gasteiger partial charge in [-0.2, -0.15) is 0 Å². The van der Waals surface area contributed by atoms with E-state index in [1.807, 2.05) is 26.8 Å². The summed E-state index contributed by atoms with van der Waals surface area (Å²) in [6.45, 7) is 7.04. The second kappa shape index (κ2) is 10.4. The van der Waals surface area contributed by atoms with E-state index in [0.717, 1.165) is 11.3 Å². The number of ether oxygens (including phenoxy) is 4. The zero-order chi connectivity index (χ0) is 25.1. The number of rotatable bonds is 9. The van der Waals surface area contributed by atoms with Gasteiger partial charge in [-0.1, -0.05) is 6.07 Å². The van der Waals surface area contributed by atoms with E-state index in [2.05, 4.69) is 0 Å². The molecule has 0 bridgehead atoms. The lowest BCUT2D eigenvalue weighted by atomic mass is 9.94. The van der Waals surface area contributed by atoms with Crippen molar-refractivity contribution in [3.8, 4) is 17.2 Å². The van der Waals surface area contributed by atoms with Crippen molar-refractivity contribution >= 4 is 17.4 Å². The minimum atomic E-state index is -0.802. The number of hydrogen-bond donors (Lipinski definition) is 1. The minimum absolute atomic E-state index is 0.0321. The molecule has 1 amide bonds. The van der Waals surface area contributed by atoms with E-state index in [-0.39, 0.29) is 30.6 Å². The molecule has 8 nitrogen and oxygen atoms in total. The van der Waals surface area contributed by atoms with Gasteiger partial charge in [-0.3, -0.25) is 9.59 Å². The van der Waals surface area contributed by atoms with E-state index in [1.54, 1.807) is 30.3 Å². The van der Waals surface area contributed by atoms with Crippen LogP contribution in [0.5, 0.6) is 17.2 Å². The highest BCUT2D eigenvalue weighted by Crippen LogP contribution is 2.42. The number of methoxy groups -OCH3 is 1. The van der Waals surface area contributed by atoms with Crippen LogP contribution in [-0.4, -0.2) is 61.3 Å². The number of fused-ring (bicyclic) bond motifs is 1. The van der Waals surface area contributed by atoms with Gasteiger partial charge in [-0.25, -0.2) is 0 Å². The van der Waals surface area contributed by atoms with Gasteiger partial charge >= 0.3 is 0 Å². The molecule has 1 saturated heterocycles. The smallest absolute Gasteiger partial charge is 0.295 e. The molecule has 2 aromatic rings. The van der Waals surface area contributed by atoms with Gasteiger partial charge in [0, 0.05) is 25.6 Å². The molecule has 186 valence electrons. The van der Waals surface area contributed by atoms with E-state index < -0.39 is 17.7 Å². The quantitative estimate of drug-likeness (QED) is 0.330. The first-order chi connectivity index (χ1) is 16.9. The molecule has 4 rings (SSSR count). The fourth-order valence-electron chi connectivity index (χ4n) is 4.61. The second-order valence-electron chi connectivity index (χ2n) is 8.51. The highest BCUT2D eigenvalue weighted by molar-refractivity contribution is 6.46. The monoisotopic (exact) mass is 481 g/mol. The number of nitrogens with zero attached hydrogens (tertiary/aromatic N) is 1. The van der Waals surface area contributed by atoms with Gasteiger partial charge in [0.05, 0.1) is 31.4 Å². The normalized spacial score (nSPS) is 20.6. The summed E-state index contributed by atoms with van der Waals surface area (Å²) in [5.41, 5.74) is 2.08. The maximum absolute atomic E-state index is 13.2. The van der Waals surface area contributed by atoms with Crippen molar-refractivity contribution in [2.75, 3.05) is 33.5 Å². The number of hydrogen-bond acceptors (Lipinski definition) is 7. The summed E-state index contributed by atoms with van der Waals surface area (Å²) in [6, 6.07) is 9.81. The number of carbonyl (C=O) groups is 2. The Labute approximate surface area is 205 Å². The third-order valence-electron chi connectivity index (χ3n) is 6.13. The van der Waals surface area contributed by atoms with Crippen LogP contribution in [0.4, 0.5) is 0 Å². The largest absolute Gasteiger partial charge is 0.507 e. The van der Waals surface area contributed by atoms with Gasteiger partial charge in [0.25, 0.3) is 11.7 Å². The molecular formula is C27H31NO7. The van der Waals surface area contributed by atoms with Crippen molar-refractivity contribution < 1.29 is 33.6 Å². The minimum Gasteiger partial charge on any atom is -0.507 e. The van der Waals surface area contributed by atoms with Crippen LogP contribution in [0.3, 0.4) is 0 Å². The summed E-state index contributed by atoms with van der Waals surface area (Å²) >= 11 is 0. The van der Waals surface area contributed by atoms with Crippen LogP contribution >= 0.6 is 0 Å². The fourth-order valence-corrected chi connectivity index (χ4v) is 4.61. The molecule has 0 aliphatic carbocycles. The van der Waals surface area contributed by atoms with Crippen LogP contribution in [-0.2, 0) is 20.7 Å². The van der Waals surface area contributed by atoms with E-state index >= 15 is 0 Å². The molecule has 0 unspecified atom stereocenters. The SMILES string of the molecule is CCOc1ccc([C@H]2C(=C(O)c3ccc4c(c3)C[C@H](C)O4)C(=O)C(=O)N2CCOC)cc1OCC. The zero-order valence-electron chi connectivity index (χ0n) is 20.5. The van der Waals surface area contributed by atoms with Crippen molar-refractivity contribution in [3.63, 3.8) is 0 Å². The summed E-state index contributed by atoms with van der Waals surface area (Å²) in [5, 5.41) is 11.3. The summed E-state index contributed by atoms with van der Waals surface area (Å²) in [7, 11) is 1.53. The second-order valence-corrected chi connectivity index (χ2v) is 8.51. The Hall–Kier alpha value is -3.52. The van der Waals surface area contributed by atoms with Gasteiger partial charge in [0.15, 0.2) is 11.5 Å². The lowest BCUT2D eigenvalue weighted by Gasteiger charge is -2.26. The first-order valence-electron chi connectivity index (χ1n) is 11.9. The molecule has 0 saturated carbocycles. The predicted octanol–water partition coefficient (Wildman–Crippen LogP) is 3.88. The fraction of sp³-hybridized carbons (Fsp3) is 0.407. The van der Waals surface area contributed by atoms with Crippen LogP contribution in [0.2, 0.25) is 0 Å². The molecule has 0 spiro atoms. The van der Waals surface area contributed by atoms with Crippen molar-refractivity contribution in [2.45, 2.75) is 39.3 Å². The highest BCUT2D eigenvalue weighted by atomic mass is 16.5. The Morgan fingerprint density at radius 3 is 2.54 bits per heavy atom. The first-order valence-corrected chi connectivity index (χ1v) is 11.9. The molecule has 2 aliphatic heterocycles. The topological polar surface area (TPSA) is 94.5 Å². The number of carbonyl (C=O) groups excluding carboxylic acids is 2. The average Bonchev–Trinajstić information content (AvgIpc) is 3.34. The molecule has 2 aromatic carbocycles. The number of ketones is 1. The highest BCUT2D eigenvalue weighted by Gasteiger charge is 2.46. The number of aliphatic hydroxyl groups is 1. The number of amides is 1. The molecule has 8 heteroatoms. The van der Waals surface area contributed by atoms with Gasteiger partial charge in [0.2, 0.25) is 0 Å². The van der Waals surface area contributed by atoms with Gasteiger partial charge in [-0.05, 0) is 62.2 Å². The van der Waals surface area contributed by atoms with Crippen molar-refractivity contribution in [1.29, 1.82) is 0 Å². The molecular weight excluding hydrogens is 450 g/mol. The molecule has 2 aliphatic rings. The zero-order valence-corrected chi connectivity index (χ0v) is 20.5. The Balaban J connectivity index is 1.84. The summed E-state index contributed by atoms with van der Waals surface area (Å²) < 4.78 is 22.4. The lowest BCUT2D eigenvalue weighted by molar-refractivity contribution is -0.140. The number of benzene rings is 2. The molecule has 1 N–H and O–H groups in total. The average molecular weight is 482 g/mol. The van der Waals surface area contributed by atoms with Crippen LogP contribution < -0.4 is 14.2 Å². The maximum atomic E-state index is 13.2. The number of aliphatic hydroxyl groups excluding tert-OH is 1. The Morgan fingerprint density at radius 1 is 1.09 bits per heavy atom. The summed E-state index contributed by atoms with van der Waals surface area (Å²) in [4.78, 5) is 27.7. The first kappa shape index (κ1) is 24.6. The third-order valence-corrected chi connectivity index (χ3v) is 6.13. The number of Topliss-reactive ketones (excluding diaryl/α,β-unsaturated/α-hetero) is 1. The van der Waals surface area contributed by atoms with Crippen LogP contribution in [0.15, 0.2) is 42.0 Å². The van der Waals surface area contributed by atoms with E-state index in [0.29, 0.717) is 42.3 Å². The summed E-state index contributed by atoms with van der Waals surface area (Å²) in [5.74, 6) is 0.202. The Bertz CT molecular complexity index is 1160. The Morgan fingerprint density at radius 2 is 1.83 bits per heavy atom. The maximum Gasteiger partial charge on any atom is 0.295 e. The van der Waals surface area contributed by atoms with E-state index in [4.69, 9.17) is 18.9 Å².